The number of aryl methyl sites for hydroxylation is 1. The Bertz CT molecular complexity index is 794. The van der Waals surface area contributed by atoms with Gasteiger partial charge in [0, 0.05) is 19.5 Å². The Labute approximate surface area is 193 Å². The second kappa shape index (κ2) is 10.3. The van der Waals surface area contributed by atoms with Crippen molar-refractivity contribution in [3.8, 4) is 5.75 Å². The summed E-state index contributed by atoms with van der Waals surface area (Å²) in [6, 6.07) is 8.31. The minimum atomic E-state index is -0.357. The summed E-state index contributed by atoms with van der Waals surface area (Å²) in [4.78, 5) is 28.3. The van der Waals surface area contributed by atoms with Crippen LogP contribution in [-0.2, 0) is 16.0 Å². The molecule has 1 saturated carbocycles. The summed E-state index contributed by atoms with van der Waals surface area (Å²) in [6.45, 7) is 6.31. The van der Waals surface area contributed by atoms with Crippen LogP contribution >= 0.6 is 0 Å². The van der Waals surface area contributed by atoms with Gasteiger partial charge < -0.3 is 15.0 Å². The van der Waals surface area contributed by atoms with E-state index in [9.17, 15) is 9.59 Å². The van der Waals surface area contributed by atoms with Gasteiger partial charge in [0.05, 0.1) is 11.5 Å². The molecular formula is C27H40N2O3. The van der Waals surface area contributed by atoms with Crippen molar-refractivity contribution in [3.63, 3.8) is 0 Å². The van der Waals surface area contributed by atoms with E-state index in [1.54, 1.807) is 0 Å². The molecule has 2 aliphatic heterocycles. The van der Waals surface area contributed by atoms with E-state index in [4.69, 9.17) is 4.74 Å². The first kappa shape index (κ1) is 23.1. The number of amides is 2. The van der Waals surface area contributed by atoms with Gasteiger partial charge in [0.1, 0.15) is 12.4 Å². The SMILES string of the molecule is CC(C)C[C@H]1COc2ccccc2CCCCC2(CCN(C(=O)CC3CC3)CC2)C(=O)N1. The van der Waals surface area contributed by atoms with Crippen LogP contribution in [0.2, 0.25) is 0 Å². The molecule has 1 N–H and O–H groups in total. The Morgan fingerprint density at radius 2 is 1.91 bits per heavy atom. The standard InChI is InChI=1S/C27H40N2O3/c1-20(2)17-23-19-32-24-9-4-3-7-22(24)8-5-6-12-27(26(31)28-23)13-15-29(16-14-27)25(30)18-21-10-11-21/h3-4,7,9,20-21,23H,5-6,8,10-19H2,1-2H3,(H,28,31)/t23-/m0/s1. The van der Waals surface area contributed by atoms with Crippen LogP contribution in [0.25, 0.3) is 0 Å². The second-order valence-corrected chi connectivity index (χ2v) is 10.7. The van der Waals surface area contributed by atoms with Crippen LogP contribution in [0.3, 0.4) is 0 Å². The van der Waals surface area contributed by atoms with E-state index in [1.807, 2.05) is 17.0 Å². The zero-order chi connectivity index (χ0) is 22.6. The molecule has 2 amide bonds. The number of hydrogen-bond donors (Lipinski definition) is 1. The first-order valence-corrected chi connectivity index (χ1v) is 12.7. The molecule has 0 unspecified atom stereocenters. The van der Waals surface area contributed by atoms with E-state index in [0.29, 0.717) is 43.9 Å². The Morgan fingerprint density at radius 1 is 1.16 bits per heavy atom. The molecular weight excluding hydrogens is 400 g/mol. The van der Waals surface area contributed by atoms with Gasteiger partial charge in [-0.3, -0.25) is 9.59 Å². The van der Waals surface area contributed by atoms with E-state index in [1.165, 1.54) is 18.4 Å². The van der Waals surface area contributed by atoms with Crippen molar-refractivity contribution < 1.29 is 14.3 Å². The van der Waals surface area contributed by atoms with E-state index >= 15 is 0 Å². The Hall–Kier alpha value is -2.04. The lowest BCUT2D eigenvalue weighted by Gasteiger charge is -2.42. The summed E-state index contributed by atoms with van der Waals surface area (Å²) in [5.41, 5.74) is 0.904. The molecule has 2 heterocycles. The van der Waals surface area contributed by atoms with Crippen LogP contribution in [0.15, 0.2) is 24.3 Å². The van der Waals surface area contributed by atoms with Gasteiger partial charge in [-0.25, -0.2) is 0 Å². The van der Waals surface area contributed by atoms with Crippen molar-refractivity contribution >= 4 is 11.8 Å². The summed E-state index contributed by atoms with van der Waals surface area (Å²) in [5.74, 6) is 2.51. The fourth-order valence-electron chi connectivity index (χ4n) is 5.37. The van der Waals surface area contributed by atoms with E-state index in [2.05, 4.69) is 31.3 Å². The molecule has 3 aliphatic rings. The van der Waals surface area contributed by atoms with E-state index in [0.717, 1.165) is 50.7 Å². The van der Waals surface area contributed by atoms with Gasteiger partial charge in [-0.15, -0.1) is 0 Å². The molecule has 1 aromatic carbocycles. The minimum Gasteiger partial charge on any atom is -0.491 e. The van der Waals surface area contributed by atoms with Gasteiger partial charge in [0.2, 0.25) is 11.8 Å². The van der Waals surface area contributed by atoms with Gasteiger partial charge in [0.25, 0.3) is 0 Å². The average molecular weight is 441 g/mol. The Balaban J connectivity index is 1.47. The maximum absolute atomic E-state index is 13.6. The Kier molecular flexibility index (Phi) is 7.42. The molecule has 0 bridgehead atoms. The van der Waals surface area contributed by atoms with Crippen LogP contribution in [0.4, 0.5) is 0 Å². The number of ether oxygens (including phenoxy) is 1. The first-order chi connectivity index (χ1) is 15.4. The molecule has 5 nitrogen and oxygen atoms in total. The molecule has 1 spiro atoms. The predicted octanol–water partition coefficient (Wildman–Crippen LogP) is 4.73. The second-order valence-electron chi connectivity index (χ2n) is 10.7. The average Bonchev–Trinajstić information content (AvgIpc) is 3.59. The van der Waals surface area contributed by atoms with Crippen molar-refractivity contribution in [1.29, 1.82) is 0 Å². The third-order valence-corrected chi connectivity index (χ3v) is 7.57. The van der Waals surface area contributed by atoms with Crippen molar-refractivity contribution in [2.45, 2.75) is 84.1 Å². The van der Waals surface area contributed by atoms with E-state index in [-0.39, 0.29) is 17.4 Å². The maximum Gasteiger partial charge on any atom is 0.226 e. The third kappa shape index (κ3) is 5.85. The van der Waals surface area contributed by atoms with E-state index < -0.39 is 0 Å². The fraction of sp³-hybridized carbons (Fsp3) is 0.704. The smallest absolute Gasteiger partial charge is 0.226 e. The molecule has 0 radical (unpaired) electrons. The summed E-state index contributed by atoms with van der Waals surface area (Å²) in [7, 11) is 0. The summed E-state index contributed by atoms with van der Waals surface area (Å²) in [5, 5.41) is 3.38. The quantitative estimate of drug-likeness (QED) is 0.736. The highest BCUT2D eigenvalue weighted by Gasteiger charge is 2.43. The molecule has 1 atom stereocenters. The normalized spacial score (nSPS) is 24.2. The summed E-state index contributed by atoms with van der Waals surface area (Å²) in [6.07, 6.45) is 9.52. The van der Waals surface area contributed by atoms with Crippen LogP contribution in [-0.4, -0.2) is 42.5 Å². The lowest BCUT2D eigenvalue weighted by Crippen LogP contribution is -2.53. The number of benzene rings is 1. The molecule has 0 aromatic heterocycles. The van der Waals surface area contributed by atoms with Crippen LogP contribution < -0.4 is 10.1 Å². The largest absolute Gasteiger partial charge is 0.491 e. The zero-order valence-corrected chi connectivity index (χ0v) is 19.9. The summed E-state index contributed by atoms with van der Waals surface area (Å²) >= 11 is 0. The van der Waals surface area contributed by atoms with Crippen molar-refractivity contribution in [1.82, 2.24) is 10.2 Å². The molecule has 1 aromatic rings. The molecule has 1 aliphatic carbocycles. The van der Waals surface area contributed by atoms with Crippen molar-refractivity contribution in [2.24, 2.45) is 17.3 Å². The van der Waals surface area contributed by atoms with Gasteiger partial charge in [-0.05, 0) is 74.8 Å². The van der Waals surface area contributed by atoms with Gasteiger partial charge in [-0.2, -0.15) is 0 Å². The van der Waals surface area contributed by atoms with Crippen LogP contribution in [0.5, 0.6) is 5.75 Å². The van der Waals surface area contributed by atoms with Crippen LogP contribution in [0, 0.1) is 17.3 Å². The van der Waals surface area contributed by atoms with Crippen LogP contribution in [0.1, 0.15) is 77.2 Å². The highest BCUT2D eigenvalue weighted by atomic mass is 16.5. The molecule has 4 rings (SSSR count). The topological polar surface area (TPSA) is 58.6 Å². The number of likely N-dealkylation sites (tertiary alicyclic amines) is 1. The summed E-state index contributed by atoms with van der Waals surface area (Å²) < 4.78 is 6.22. The van der Waals surface area contributed by atoms with Crippen molar-refractivity contribution in [2.75, 3.05) is 19.7 Å². The highest BCUT2D eigenvalue weighted by Crippen LogP contribution is 2.39. The molecule has 1 saturated heterocycles. The number of carbonyl (C=O) groups excluding carboxylic acids is 2. The van der Waals surface area contributed by atoms with Gasteiger partial charge in [-0.1, -0.05) is 38.5 Å². The minimum absolute atomic E-state index is 0.00128. The predicted molar refractivity (Wildman–Crippen MR) is 126 cm³/mol. The number of para-hydroxylation sites is 1. The molecule has 5 heteroatoms. The number of rotatable bonds is 4. The monoisotopic (exact) mass is 440 g/mol. The first-order valence-electron chi connectivity index (χ1n) is 12.7. The molecule has 2 fully saturated rings. The third-order valence-electron chi connectivity index (χ3n) is 7.57. The van der Waals surface area contributed by atoms with Gasteiger partial charge >= 0.3 is 0 Å². The van der Waals surface area contributed by atoms with Crippen molar-refractivity contribution in [3.05, 3.63) is 29.8 Å². The Morgan fingerprint density at radius 3 is 2.62 bits per heavy atom. The lowest BCUT2D eigenvalue weighted by molar-refractivity contribution is -0.142. The number of nitrogens with one attached hydrogen (secondary N) is 1. The number of fused-ring (bicyclic) bond motifs is 1. The van der Waals surface area contributed by atoms with Gasteiger partial charge in [0.15, 0.2) is 0 Å². The zero-order valence-electron chi connectivity index (χ0n) is 19.9. The fourth-order valence-corrected chi connectivity index (χ4v) is 5.37. The number of piperidine rings is 1. The number of carbonyl (C=O) groups is 2. The molecule has 176 valence electrons. The highest BCUT2D eigenvalue weighted by molar-refractivity contribution is 5.84. The lowest BCUT2D eigenvalue weighted by atomic mass is 9.73. The number of nitrogens with zero attached hydrogens (tertiary/aromatic N) is 1. The molecule has 32 heavy (non-hydrogen) atoms. The number of hydrogen-bond acceptors (Lipinski definition) is 3. The maximum atomic E-state index is 13.6.